The highest BCUT2D eigenvalue weighted by Crippen LogP contribution is 2.33. The molecule has 0 unspecified atom stereocenters. The first-order valence-electron chi connectivity index (χ1n) is 13.9. The molecule has 0 radical (unpaired) electrons. The van der Waals surface area contributed by atoms with Crippen LogP contribution in [0.4, 0.5) is 0 Å². The summed E-state index contributed by atoms with van der Waals surface area (Å²) in [7, 11) is 1.66. The molecule has 0 bridgehead atoms. The molecule has 6 nitrogen and oxygen atoms in total. The highest BCUT2D eigenvalue weighted by molar-refractivity contribution is 6.16. The molecular formula is C33H38N2O4. The minimum Gasteiger partial charge on any atom is -0.382 e. The van der Waals surface area contributed by atoms with E-state index in [-0.39, 0.29) is 11.6 Å². The van der Waals surface area contributed by atoms with E-state index in [1.54, 1.807) is 7.11 Å². The van der Waals surface area contributed by atoms with E-state index in [4.69, 9.17) is 9.47 Å². The zero-order valence-corrected chi connectivity index (χ0v) is 23.2. The Morgan fingerprint density at radius 2 is 1.41 bits per heavy atom. The molecule has 4 aromatic rings. The minimum atomic E-state index is -0.573. The van der Waals surface area contributed by atoms with Crippen LogP contribution >= 0.6 is 0 Å². The number of hydrogen-bond donors (Lipinski definition) is 0. The van der Waals surface area contributed by atoms with E-state index in [0.717, 1.165) is 47.7 Å². The van der Waals surface area contributed by atoms with Gasteiger partial charge in [0.2, 0.25) is 0 Å². The molecular weight excluding hydrogens is 488 g/mol. The molecule has 0 N–H and O–H groups in total. The van der Waals surface area contributed by atoms with E-state index in [9.17, 15) is 9.59 Å². The van der Waals surface area contributed by atoms with Gasteiger partial charge in [-0.2, -0.15) is 0 Å². The first kappa shape index (κ1) is 27.3. The second-order valence-electron chi connectivity index (χ2n) is 10.9. The smallest absolute Gasteiger partial charge is 0.193 e. The van der Waals surface area contributed by atoms with Gasteiger partial charge in [-0.15, -0.1) is 0 Å². The Morgan fingerprint density at radius 3 is 2.08 bits per heavy atom. The van der Waals surface area contributed by atoms with Crippen LogP contribution in [0.15, 0.2) is 66.7 Å². The van der Waals surface area contributed by atoms with Crippen molar-refractivity contribution in [2.75, 3.05) is 40.0 Å². The largest absolute Gasteiger partial charge is 0.382 e. The normalized spacial score (nSPS) is 14.7. The van der Waals surface area contributed by atoms with E-state index >= 15 is 0 Å². The number of rotatable bonds is 11. The van der Waals surface area contributed by atoms with Gasteiger partial charge in [0, 0.05) is 52.2 Å². The third kappa shape index (κ3) is 5.55. The maximum absolute atomic E-state index is 13.9. The summed E-state index contributed by atoms with van der Waals surface area (Å²) in [6.45, 7) is 8.27. The van der Waals surface area contributed by atoms with Crippen molar-refractivity contribution in [2.24, 2.45) is 0 Å². The Labute approximate surface area is 230 Å². The summed E-state index contributed by atoms with van der Waals surface area (Å²) in [5.41, 5.74) is 3.46. The lowest BCUT2D eigenvalue weighted by molar-refractivity contribution is 0.0579. The first-order valence-corrected chi connectivity index (χ1v) is 13.9. The zero-order chi connectivity index (χ0) is 27.4. The first-order chi connectivity index (χ1) is 18.9. The molecule has 1 aliphatic rings. The van der Waals surface area contributed by atoms with E-state index in [1.807, 2.05) is 80.6 Å². The fraction of sp³-hybridized carbons (Fsp3) is 0.394. The molecule has 1 saturated heterocycles. The van der Waals surface area contributed by atoms with Crippen LogP contribution in [-0.4, -0.2) is 66.6 Å². The second-order valence-corrected chi connectivity index (χ2v) is 10.9. The van der Waals surface area contributed by atoms with E-state index < -0.39 is 5.54 Å². The van der Waals surface area contributed by atoms with E-state index in [2.05, 4.69) is 9.47 Å². The highest BCUT2D eigenvalue weighted by atomic mass is 16.5. The topological polar surface area (TPSA) is 60.8 Å². The van der Waals surface area contributed by atoms with Crippen LogP contribution in [0, 0.1) is 0 Å². The van der Waals surface area contributed by atoms with Crippen molar-refractivity contribution in [3.05, 3.63) is 83.4 Å². The van der Waals surface area contributed by atoms with Gasteiger partial charge in [-0.1, -0.05) is 36.8 Å². The standard InChI is InChI=1S/C33H38N2O4/c1-33(2,34-16-8-5-9-17-34)32(37)26-13-15-30-28(23-26)27-22-25(31(36)24-10-6-4-7-11-24)12-14-29(27)35(30)18-19-39-21-20-38-3/h4,6-7,10-15,22-23H,5,8-9,16-21H2,1-3H3. The number of benzene rings is 3. The number of carbonyl (C=O) groups excluding carboxylic acids is 2. The number of ketones is 2. The number of likely N-dealkylation sites (tertiary alicyclic amines) is 1. The van der Waals surface area contributed by atoms with Crippen molar-refractivity contribution in [1.29, 1.82) is 0 Å². The lowest BCUT2D eigenvalue weighted by atomic mass is 9.89. The minimum absolute atomic E-state index is 0.0141. The Morgan fingerprint density at radius 1 is 0.769 bits per heavy atom. The summed E-state index contributed by atoms with van der Waals surface area (Å²) in [6, 6.07) is 21.2. The van der Waals surface area contributed by atoms with Crippen LogP contribution in [0.3, 0.4) is 0 Å². The summed E-state index contributed by atoms with van der Waals surface area (Å²) >= 11 is 0. The van der Waals surface area contributed by atoms with Gasteiger partial charge in [-0.3, -0.25) is 14.5 Å². The molecule has 0 spiro atoms. The quantitative estimate of drug-likeness (QED) is 0.174. The van der Waals surface area contributed by atoms with Crippen molar-refractivity contribution >= 4 is 33.4 Å². The number of ether oxygens (including phenoxy) is 2. The van der Waals surface area contributed by atoms with Crippen molar-refractivity contribution in [3.8, 4) is 0 Å². The lowest BCUT2D eigenvalue weighted by Crippen LogP contribution is -2.52. The highest BCUT2D eigenvalue weighted by Gasteiger charge is 2.35. The maximum Gasteiger partial charge on any atom is 0.193 e. The van der Waals surface area contributed by atoms with Crippen molar-refractivity contribution < 1.29 is 19.1 Å². The van der Waals surface area contributed by atoms with Gasteiger partial charge in [0.1, 0.15) is 0 Å². The molecule has 1 aliphatic heterocycles. The van der Waals surface area contributed by atoms with Crippen LogP contribution in [0.25, 0.3) is 21.8 Å². The average Bonchev–Trinajstić information content (AvgIpc) is 3.29. The fourth-order valence-electron chi connectivity index (χ4n) is 5.73. The van der Waals surface area contributed by atoms with Gasteiger partial charge in [-0.25, -0.2) is 0 Å². The third-order valence-electron chi connectivity index (χ3n) is 8.02. The molecule has 5 rings (SSSR count). The number of carbonyl (C=O) groups is 2. The van der Waals surface area contributed by atoms with Crippen LogP contribution in [-0.2, 0) is 16.0 Å². The second kappa shape index (κ2) is 11.8. The zero-order valence-electron chi connectivity index (χ0n) is 23.2. The van der Waals surface area contributed by atoms with Crippen LogP contribution < -0.4 is 0 Å². The van der Waals surface area contributed by atoms with Crippen molar-refractivity contribution in [3.63, 3.8) is 0 Å². The van der Waals surface area contributed by atoms with Gasteiger partial charge in [0.15, 0.2) is 11.6 Å². The van der Waals surface area contributed by atoms with Crippen LogP contribution in [0.1, 0.15) is 59.4 Å². The molecule has 0 atom stereocenters. The molecule has 0 aliphatic carbocycles. The number of nitrogens with zero attached hydrogens (tertiary/aromatic N) is 2. The van der Waals surface area contributed by atoms with Crippen molar-refractivity contribution in [1.82, 2.24) is 9.47 Å². The Balaban J connectivity index is 1.56. The number of Topliss-reactive ketones (excluding diaryl/α,β-unsaturated/α-hetero) is 1. The SMILES string of the molecule is COCCOCCn1c2ccc(C(=O)c3ccccc3)cc2c2cc(C(=O)C(C)(C)N3CCCCC3)ccc21. The Kier molecular flexibility index (Phi) is 8.26. The third-order valence-corrected chi connectivity index (χ3v) is 8.02. The monoisotopic (exact) mass is 526 g/mol. The Bertz CT molecular complexity index is 1470. The van der Waals surface area contributed by atoms with Gasteiger partial charge in [0.25, 0.3) is 0 Å². The molecule has 1 aromatic heterocycles. The molecule has 204 valence electrons. The number of methoxy groups -OCH3 is 1. The number of hydrogen-bond acceptors (Lipinski definition) is 5. The maximum atomic E-state index is 13.9. The Hall–Kier alpha value is -3.32. The predicted octanol–water partition coefficient (Wildman–Crippen LogP) is 6.14. The number of aromatic nitrogens is 1. The fourth-order valence-corrected chi connectivity index (χ4v) is 5.73. The molecule has 2 heterocycles. The molecule has 1 fully saturated rings. The molecule has 6 heteroatoms. The van der Waals surface area contributed by atoms with Gasteiger partial charge in [0.05, 0.1) is 25.4 Å². The van der Waals surface area contributed by atoms with E-state index in [1.165, 1.54) is 6.42 Å². The molecule has 3 aromatic carbocycles. The van der Waals surface area contributed by atoms with Gasteiger partial charge >= 0.3 is 0 Å². The van der Waals surface area contributed by atoms with Gasteiger partial charge in [-0.05, 0) is 76.2 Å². The summed E-state index contributed by atoms with van der Waals surface area (Å²) in [6.07, 6.45) is 3.49. The number of fused-ring (bicyclic) bond motifs is 3. The summed E-state index contributed by atoms with van der Waals surface area (Å²) in [5.74, 6) is 0.117. The lowest BCUT2D eigenvalue weighted by Gasteiger charge is -2.39. The number of piperidine rings is 1. The molecule has 0 saturated carbocycles. The average molecular weight is 527 g/mol. The van der Waals surface area contributed by atoms with Crippen molar-refractivity contribution in [2.45, 2.75) is 45.2 Å². The van der Waals surface area contributed by atoms with E-state index in [0.29, 0.717) is 43.1 Å². The van der Waals surface area contributed by atoms with Gasteiger partial charge < -0.3 is 14.0 Å². The summed E-state index contributed by atoms with van der Waals surface area (Å²) in [4.78, 5) is 29.5. The molecule has 0 amide bonds. The van der Waals surface area contributed by atoms with Crippen LogP contribution in [0.5, 0.6) is 0 Å². The summed E-state index contributed by atoms with van der Waals surface area (Å²) < 4.78 is 13.1. The molecule has 39 heavy (non-hydrogen) atoms. The summed E-state index contributed by atoms with van der Waals surface area (Å²) in [5, 5.41) is 1.94. The predicted molar refractivity (Wildman–Crippen MR) is 156 cm³/mol. The van der Waals surface area contributed by atoms with Crippen LogP contribution in [0.2, 0.25) is 0 Å².